The van der Waals surface area contributed by atoms with Crippen molar-refractivity contribution in [3.8, 4) is 11.5 Å². The Balaban J connectivity index is 1.55. The molecule has 0 atom stereocenters. The Hall–Kier alpha value is -2.58. The SMILES string of the molecule is COc1ccc(C(=O)NNC(=O)COc2ccc3cc(Br)ccc3c2Br)cc1. The molecule has 0 saturated heterocycles. The molecule has 144 valence electrons. The first-order valence-corrected chi connectivity index (χ1v) is 9.80. The van der Waals surface area contributed by atoms with E-state index < -0.39 is 11.8 Å². The van der Waals surface area contributed by atoms with Crippen LogP contribution in [0.2, 0.25) is 0 Å². The number of fused-ring (bicyclic) bond motifs is 1. The number of halogens is 2. The average Bonchev–Trinajstić information content (AvgIpc) is 2.71. The lowest BCUT2D eigenvalue weighted by Gasteiger charge is -2.11. The fourth-order valence-electron chi connectivity index (χ4n) is 2.47. The Bertz CT molecular complexity index is 1020. The van der Waals surface area contributed by atoms with Crippen molar-refractivity contribution < 1.29 is 19.1 Å². The zero-order valence-electron chi connectivity index (χ0n) is 14.8. The molecule has 3 aromatic carbocycles. The van der Waals surface area contributed by atoms with Gasteiger partial charge in [-0.2, -0.15) is 0 Å². The highest BCUT2D eigenvalue weighted by atomic mass is 79.9. The third kappa shape index (κ3) is 4.82. The molecule has 0 aliphatic carbocycles. The van der Waals surface area contributed by atoms with Gasteiger partial charge in [-0.05, 0) is 69.2 Å². The van der Waals surface area contributed by atoms with Crippen LogP contribution in [0.4, 0.5) is 0 Å². The average molecular weight is 508 g/mol. The first-order valence-electron chi connectivity index (χ1n) is 8.22. The predicted molar refractivity (Wildman–Crippen MR) is 113 cm³/mol. The number of carbonyl (C=O) groups is 2. The quantitative estimate of drug-likeness (QED) is 0.507. The Labute approximate surface area is 178 Å². The zero-order valence-corrected chi connectivity index (χ0v) is 18.0. The van der Waals surface area contributed by atoms with Crippen LogP contribution >= 0.6 is 31.9 Å². The maximum absolute atomic E-state index is 12.0. The van der Waals surface area contributed by atoms with E-state index in [2.05, 4.69) is 42.7 Å². The van der Waals surface area contributed by atoms with Crippen LogP contribution in [-0.4, -0.2) is 25.5 Å². The minimum atomic E-state index is -0.482. The highest BCUT2D eigenvalue weighted by Gasteiger charge is 2.11. The summed E-state index contributed by atoms with van der Waals surface area (Å²) in [6.07, 6.45) is 0. The smallest absolute Gasteiger partial charge is 0.276 e. The van der Waals surface area contributed by atoms with Gasteiger partial charge in [0.2, 0.25) is 0 Å². The lowest BCUT2D eigenvalue weighted by atomic mass is 10.1. The van der Waals surface area contributed by atoms with E-state index in [9.17, 15) is 9.59 Å². The molecule has 6 nitrogen and oxygen atoms in total. The number of benzene rings is 3. The van der Waals surface area contributed by atoms with Crippen molar-refractivity contribution in [1.29, 1.82) is 0 Å². The van der Waals surface area contributed by atoms with Crippen LogP contribution in [0, 0.1) is 0 Å². The van der Waals surface area contributed by atoms with Gasteiger partial charge in [0.25, 0.3) is 11.8 Å². The van der Waals surface area contributed by atoms with E-state index in [0.717, 1.165) is 19.7 Å². The second-order valence-electron chi connectivity index (χ2n) is 5.76. The van der Waals surface area contributed by atoms with Crippen LogP contribution in [0.1, 0.15) is 10.4 Å². The van der Waals surface area contributed by atoms with E-state index in [1.165, 1.54) is 0 Å². The van der Waals surface area contributed by atoms with Gasteiger partial charge in [0, 0.05) is 10.0 Å². The Kier molecular flexibility index (Phi) is 6.53. The normalized spacial score (nSPS) is 10.4. The van der Waals surface area contributed by atoms with E-state index in [4.69, 9.17) is 9.47 Å². The second-order valence-corrected chi connectivity index (χ2v) is 7.47. The number of nitrogens with one attached hydrogen (secondary N) is 2. The topological polar surface area (TPSA) is 76.7 Å². The van der Waals surface area contributed by atoms with Gasteiger partial charge in [0.15, 0.2) is 6.61 Å². The number of carbonyl (C=O) groups excluding carboxylic acids is 2. The monoisotopic (exact) mass is 506 g/mol. The fraction of sp³-hybridized carbons (Fsp3) is 0.100. The van der Waals surface area contributed by atoms with Gasteiger partial charge < -0.3 is 9.47 Å². The molecule has 0 heterocycles. The summed E-state index contributed by atoms with van der Waals surface area (Å²) >= 11 is 6.95. The van der Waals surface area contributed by atoms with Crippen molar-refractivity contribution >= 4 is 54.4 Å². The van der Waals surface area contributed by atoms with Crippen LogP contribution in [0.3, 0.4) is 0 Å². The molecule has 0 saturated carbocycles. The number of hydrogen-bond donors (Lipinski definition) is 2. The summed E-state index contributed by atoms with van der Waals surface area (Å²) < 4.78 is 12.3. The Morgan fingerprint density at radius 1 is 0.964 bits per heavy atom. The minimum Gasteiger partial charge on any atom is -0.497 e. The Morgan fingerprint density at radius 2 is 1.71 bits per heavy atom. The summed E-state index contributed by atoms with van der Waals surface area (Å²) in [5.74, 6) is 0.256. The van der Waals surface area contributed by atoms with Crippen molar-refractivity contribution in [3.05, 3.63) is 69.1 Å². The number of amides is 2. The summed E-state index contributed by atoms with van der Waals surface area (Å²) in [6, 6.07) is 16.1. The van der Waals surface area contributed by atoms with E-state index in [1.807, 2.05) is 24.3 Å². The molecule has 0 radical (unpaired) electrons. The molecule has 0 aliphatic heterocycles. The summed E-state index contributed by atoms with van der Waals surface area (Å²) in [5, 5.41) is 2.00. The van der Waals surface area contributed by atoms with Gasteiger partial charge in [0.05, 0.1) is 11.6 Å². The predicted octanol–water partition coefficient (Wildman–Crippen LogP) is 4.21. The standard InChI is InChI=1S/C20H16Br2N2O4/c1-27-15-6-2-12(3-7-15)20(26)24-23-18(25)11-28-17-9-4-13-10-14(21)5-8-16(13)19(17)22/h2-10H,11H2,1H3,(H,23,25)(H,24,26). The number of ether oxygens (including phenoxy) is 2. The first-order chi connectivity index (χ1) is 13.5. The Morgan fingerprint density at radius 3 is 2.43 bits per heavy atom. The summed E-state index contributed by atoms with van der Waals surface area (Å²) in [5.41, 5.74) is 5.07. The van der Waals surface area contributed by atoms with Crippen molar-refractivity contribution in [2.24, 2.45) is 0 Å². The fourth-order valence-corrected chi connectivity index (χ4v) is 3.46. The zero-order chi connectivity index (χ0) is 20.1. The molecular formula is C20H16Br2N2O4. The van der Waals surface area contributed by atoms with Crippen LogP contribution in [0.25, 0.3) is 10.8 Å². The molecule has 28 heavy (non-hydrogen) atoms. The summed E-state index contributed by atoms with van der Waals surface area (Å²) in [4.78, 5) is 24.0. The third-order valence-electron chi connectivity index (χ3n) is 3.91. The van der Waals surface area contributed by atoms with Crippen molar-refractivity contribution in [2.45, 2.75) is 0 Å². The van der Waals surface area contributed by atoms with E-state index in [1.54, 1.807) is 37.4 Å². The van der Waals surface area contributed by atoms with Crippen molar-refractivity contribution in [1.82, 2.24) is 10.9 Å². The van der Waals surface area contributed by atoms with Crippen LogP contribution in [0.15, 0.2) is 63.5 Å². The molecule has 0 unspecified atom stereocenters. The molecule has 3 rings (SSSR count). The minimum absolute atomic E-state index is 0.247. The molecule has 0 fully saturated rings. The van der Waals surface area contributed by atoms with Crippen LogP contribution in [-0.2, 0) is 4.79 Å². The number of hydrazine groups is 1. The molecule has 3 aromatic rings. The number of hydrogen-bond acceptors (Lipinski definition) is 4. The molecular weight excluding hydrogens is 492 g/mol. The lowest BCUT2D eigenvalue weighted by molar-refractivity contribution is -0.123. The third-order valence-corrected chi connectivity index (χ3v) is 5.22. The van der Waals surface area contributed by atoms with Gasteiger partial charge in [0.1, 0.15) is 11.5 Å². The maximum atomic E-state index is 12.0. The second kappa shape index (κ2) is 9.07. The molecule has 0 aromatic heterocycles. The molecule has 2 amide bonds. The van der Waals surface area contributed by atoms with Gasteiger partial charge in [-0.1, -0.05) is 28.1 Å². The number of rotatable bonds is 5. The summed E-state index contributed by atoms with van der Waals surface area (Å²) in [6.45, 7) is -0.247. The molecule has 2 N–H and O–H groups in total. The highest BCUT2D eigenvalue weighted by molar-refractivity contribution is 9.11. The lowest BCUT2D eigenvalue weighted by Crippen LogP contribution is -2.43. The number of methoxy groups -OCH3 is 1. The van der Waals surface area contributed by atoms with E-state index in [0.29, 0.717) is 17.1 Å². The van der Waals surface area contributed by atoms with Gasteiger partial charge >= 0.3 is 0 Å². The molecule has 0 spiro atoms. The highest BCUT2D eigenvalue weighted by Crippen LogP contribution is 2.34. The first kappa shape index (κ1) is 20.2. The van der Waals surface area contributed by atoms with E-state index >= 15 is 0 Å². The van der Waals surface area contributed by atoms with Crippen LogP contribution in [0.5, 0.6) is 11.5 Å². The van der Waals surface area contributed by atoms with Crippen LogP contribution < -0.4 is 20.3 Å². The van der Waals surface area contributed by atoms with E-state index in [-0.39, 0.29) is 6.61 Å². The molecule has 8 heteroatoms. The molecule has 0 aliphatic rings. The van der Waals surface area contributed by atoms with Gasteiger partial charge in [-0.3, -0.25) is 20.4 Å². The van der Waals surface area contributed by atoms with Gasteiger partial charge in [-0.15, -0.1) is 0 Å². The maximum Gasteiger partial charge on any atom is 0.276 e. The largest absolute Gasteiger partial charge is 0.497 e. The van der Waals surface area contributed by atoms with Gasteiger partial charge in [-0.25, -0.2) is 0 Å². The summed E-state index contributed by atoms with van der Waals surface area (Å²) in [7, 11) is 1.54. The van der Waals surface area contributed by atoms with Crippen molar-refractivity contribution in [3.63, 3.8) is 0 Å². The van der Waals surface area contributed by atoms with Crippen molar-refractivity contribution in [2.75, 3.05) is 13.7 Å². The molecule has 0 bridgehead atoms.